The molecule has 192 valence electrons. The standard InChI is InChI=1S/C31H35N2O3P/c1-35-37(34,36-2)31(30(29-21-13-6-14-22-29)32-23-26-15-7-3-8-16-26)33(24-27-17-9-4-10-18-27)25-28-19-11-5-12-20-28/h3-22,30-32H,23-25H2,1-2H3/t30-,31+/m1/s1. The maximum absolute atomic E-state index is 14.4. The van der Waals surface area contributed by atoms with Gasteiger partial charge < -0.3 is 14.4 Å². The Morgan fingerprint density at radius 2 is 1.05 bits per heavy atom. The van der Waals surface area contributed by atoms with Crippen LogP contribution >= 0.6 is 7.60 Å². The molecule has 0 spiro atoms. The third-order valence-corrected chi connectivity index (χ3v) is 8.78. The fourth-order valence-electron chi connectivity index (χ4n) is 4.64. The number of hydrogen-bond donors (Lipinski definition) is 1. The van der Waals surface area contributed by atoms with E-state index in [1.165, 1.54) is 14.2 Å². The van der Waals surface area contributed by atoms with Crippen LogP contribution in [0.25, 0.3) is 0 Å². The number of benzene rings is 4. The average Bonchev–Trinajstić information content (AvgIpc) is 2.97. The van der Waals surface area contributed by atoms with Crippen LogP contribution in [0.15, 0.2) is 121 Å². The molecular weight excluding hydrogens is 479 g/mol. The summed E-state index contributed by atoms with van der Waals surface area (Å²) in [5, 5.41) is 3.70. The van der Waals surface area contributed by atoms with Crippen LogP contribution in [-0.4, -0.2) is 24.9 Å². The van der Waals surface area contributed by atoms with E-state index in [1.807, 2.05) is 72.8 Å². The Hall–Kier alpha value is -3.05. The van der Waals surface area contributed by atoms with Gasteiger partial charge in [-0.15, -0.1) is 0 Å². The Bertz CT molecular complexity index is 1190. The molecule has 4 aromatic rings. The molecule has 1 N–H and O–H groups in total. The molecule has 4 aromatic carbocycles. The van der Waals surface area contributed by atoms with Crippen molar-refractivity contribution < 1.29 is 13.6 Å². The van der Waals surface area contributed by atoms with Gasteiger partial charge in [-0.1, -0.05) is 121 Å². The summed E-state index contributed by atoms with van der Waals surface area (Å²) in [6.07, 6.45) is 0. The highest BCUT2D eigenvalue weighted by Gasteiger charge is 2.44. The minimum Gasteiger partial charge on any atom is -0.311 e. The summed E-state index contributed by atoms with van der Waals surface area (Å²) in [5.74, 6) is -0.603. The zero-order valence-corrected chi connectivity index (χ0v) is 22.3. The lowest BCUT2D eigenvalue weighted by Crippen LogP contribution is -2.44. The number of nitrogens with one attached hydrogen (secondary N) is 1. The Morgan fingerprint density at radius 3 is 1.49 bits per heavy atom. The second-order valence-electron chi connectivity index (χ2n) is 8.95. The second kappa shape index (κ2) is 13.5. The molecule has 0 radical (unpaired) electrons. The molecule has 0 heterocycles. The summed E-state index contributed by atoms with van der Waals surface area (Å²) in [6.45, 7) is 1.76. The quantitative estimate of drug-likeness (QED) is 0.194. The third-order valence-electron chi connectivity index (χ3n) is 6.49. The van der Waals surface area contributed by atoms with Crippen LogP contribution in [0.2, 0.25) is 0 Å². The van der Waals surface area contributed by atoms with E-state index in [0.29, 0.717) is 19.6 Å². The molecule has 0 aliphatic heterocycles. The zero-order chi connectivity index (χ0) is 25.9. The first-order chi connectivity index (χ1) is 18.1. The van der Waals surface area contributed by atoms with Gasteiger partial charge in [0.05, 0.1) is 6.04 Å². The van der Waals surface area contributed by atoms with Crippen LogP contribution in [0.4, 0.5) is 0 Å². The van der Waals surface area contributed by atoms with Gasteiger partial charge in [0.15, 0.2) is 0 Å². The Kier molecular flexibility index (Phi) is 9.84. The largest absolute Gasteiger partial charge is 0.349 e. The van der Waals surface area contributed by atoms with Crippen LogP contribution in [0.5, 0.6) is 0 Å². The smallest absolute Gasteiger partial charge is 0.311 e. The van der Waals surface area contributed by atoms with Crippen molar-refractivity contribution in [3.05, 3.63) is 144 Å². The van der Waals surface area contributed by atoms with Gasteiger partial charge >= 0.3 is 7.60 Å². The molecule has 0 bridgehead atoms. The van der Waals surface area contributed by atoms with Crippen molar-refractivity contribution in [3.63, 3.8) is 0 Å². The minimum absolute atomic E-state index is 0.334. The molecule has 5 nitrogen and oxygen atoms in total. The molecule has 37 heavy (non-hydrogen) atoms. The Morgan fingerprint density at radius 1 is 0.649 bits per heavy atom. The average molecular weight is 515 g/mol. The lowest BCUT2D eigenvalue weighted by atomic mass is 10.0. The van der Waals surface area contributed by atoms with Crippen molar-refractivity contribution in [2.75, 3.05) is 14.2 Å². The van der Waals surface area contributed by atoms with Gasteiger partial charge in [-0.25, -0.2) is 0 Å². The highest BCUT2D eigenvalue weighted by molar-refractivity contribution is 7.54. The van der Waals surface area contributed by atoms with Crippen LogP contribution < -0.4 is 5.32 Å². The normalized spacial score (nSPS) is 13.4. The molecule has 0 aliphatic carbocycles. The lowest BCUT2D eigenvalue weighted by molar-refractivity contribution is 0.147. The van der Waals surface area contributed by atoms with Gasteiger partial charge in [-0.3, -0.25) is 9.46 Å². The summed E-state index contributed by atoms with van der Waals surface area (Å²) < 4.78 is 25.8. The second-order valence-corrected chi connectivity index (χ2v) is 11.3. The van der Waals surface area contributed by atoms with Crippen molar-refractivity contribution in [1.29, 1.82) is 0 Å². The summed E-state index contributed by atoms with van der Waals surface area (Å²) in [5.41, 5.74) is 4.41. The van der Waals surface area contributed by atoms with Crippen molar-refractivity contribution in [2.45, 2.75) is 31.5 Å². The topological polar surface area (TPSA) is 50.8 Å². The summed E-state index contributed by atoms with van der Waals surface area (Å²) in [6, 6.07) is 40.5. The van der Waals surface area contributed by atoms with Gasteiger partial charge in [0.1, 0.15) is 5.78 Å². The van der Waals surface area contributed by atoms with Crippen molar-refractivity contribution in [2.24, 2.45) is 0 Å². The molecule has 0 fully saturated rings. The number of nitrogens with zero attached hydrogens (tertiary/aromatic N) is 1. The van der Waals surface area contributed by atoms with E-state index >= 15 is 0 Å². The monoisotopic (exact) mass is 514 g/mol. The van der Waals surface area contributed by atoms with Crippen molar-refractivity contribution in [3.8, 4) is 0 Å². The molecule has 0 saturated heterocycles. The third kappa shape index (κ3) is 7.26. The van der Waals surface area contributed by atoms with E-state index in [4.69, 9.17) is 9.05 Å². The van der Waals surface area contributed by atoms with E-state index in [9.17, 15) is 4.57 Å². The first kappa shape index (κ1) is 27.0. The van der Waals surface area contributed by atoms with E-state index < -0.39 is 13.4 Å². The van der Waals surface area contributed by atoms with Gasteiger partial charge in [0.25, 0.3) is 0 Å². The molecule has 0 aliphatic rings. The van der Waals surface area contributed by atoms with Crippen LogP contribution in [-0.2, 0) is 33.2 Å². The molecule has 0 unspecified atom stereocenters. The highest BCUT2D eigenvalue weighted by Crippen LogP contribution is 2.57. The van der Waals surface area contributed by atoms with Crippen molar-refractivity contribution >= 4 is 7.60 Å². The molecule has 4 rings (SSSR count). The van der Waals surface area contributed by atoms with Crippen molar-refractivity contribution in [1.82, 2.24) is 10.2 Å². The fraction of sp³-hybridized carbons (Fsp3) is 0.226. The highest BCUT2D eigenvalue weighted by atomic mass is 31.2. The van der Waals surface area contributed by atoms with E-state index in [2.05, 4.69) is 58.7 Å². The first-order valence-corrected chi connectivity index (χ1v) is 14.1. The summed E-state index contributed by atoms with van der Waals surface area (Å²) >= 11 is 0. The van der Waals surface area contributed by atoms with Crippen LogP contribution in [0, 0.1) is 0 Å². The Labute approximate surface area is 220 Å². The molecule has 2 atom stereocenters. The number of hydrogen-bond acceptors (Lipinski definition) is 5. The summed E-state index contributed by atoms with van der Waals surface area (Å²) in [7, 11) is -0.657. The molecule has 0 aromatic heterocycles. The van der Waals surface area contributed by atoms with Gasteiger partial charge in [-0.2, -0.15) is 0 Å². The van der Waals surface area contributed by atoms with Gasteiger partial charge in [0, 0.05) is 33.9 Å². The maximum atomic E-state index is 14.4. The minimum atomic E-state index is -3.60. The van der Waals surface area contributed by atoms with Gasteiger partial charge in [-0.05, 0) is 22.3 Å². The Balaban J connectivity index is 1.80. The zero-order valence-electron chi connectivity index (χ0n) is 21.4. The van der Waals surface area contributed by atoms with E-state index in [0.717, 1.165) is 22.3 Å². The summed E-state index contributed by atoms with van der Waals surface area (Å²) in [4.78, 5) is 2.22. The SMILES string of the molecule is COP(=O)(OC)[C@@H]([C@H](NCc1ccccc1)c1ccccc1)N(Cc1ccccc1)Cc1ccccc1. The van der Waals surface area contributed by atoms with E-state index in [1.54, 1.807) is 0 Å². The maximum Gasteiger partial charge on any atom is 0.349 e. The molecule has 0 saturated carbocycles. The molecule has 0 amide bonds. The lowest BCUT2D eigenvalue weighted by Gasteiger charge is -2.40. The number of rotatable bonds is 13. The predicted molar refractivity (Wildman–Crippen MR) is 150 cm³/mol. The fourth-order valence-corrected chi connectivity index (χ4v) is 6.43. The molecular formula is C31H35N2O3P. The van der Waals surface area contributed by atoms with E-state index in [-0.39, 0.29) is 6.04 Å². The van der Waals surface area contributed by atoms with Crippen LogP contribution in [0.1, 0.15) is 28.3 Å². The predicted octanol–water partition coefficient (Wildman–Crippen LogP) is 7.03. The molecule has 6 heteroatoms. The van der Waals surface area contributed by atoms with Gasteiger partial charge in [0.2, 0.25) is 0 Å². The van der Waals surface area contributed by atoms with Crippen LogP contribution in [0.3, 0.4) is 0 Å². The first-order valence-electron chi connectivity index (χ1n) is 12.5.